The first-order valence-electron chi connectivity index (χ1n) is 7.98. The van der Waals surface area contributed by atoms with Crippen molar-refractivity contribution < 1.29 is 26.7 Å². The van der Waals surface area contributed by atoms with Gasteiger partial charge in [-0.25, -0.2) is 17.2 Å². The number of halogens is 2. The standard InChI is InChI=1S/C18H20F2N2O4S/c1-12(14-6-4-5-7-17(14)26-2)21-18(23)11-22(27(3,24)25)16-9-8-13(19)10-15(16)20/h4-10,12H,11H2,1-3H3,(H,21,23)/t12-/m1/s1. The van der Waals surface area contributed by atoms with E-state index in [0.29, 0.717) is 21.7 Å². The number of carbonyl (C=O) groups excluding carboxylic acids is 1. The van der Waals surface area contributed by atoms with Crippen molar-refractivity contribution in [2.75, 3.05) is 24.2 Å². The first-order valence-corrected chi connectivity index (χ1v) is 9.83. The van der Waals surface area contributed by atoms with Crippen molar-refractivity contribution in [3.8, 4) is 5.75 Å². The maximum atomic E-state index is 14.0. The number of amides is 1. The van der Waals surface area contributed by atoms with Gasteiger partial charge in [0.15, 0.2) is 0 Å². The van der Waals surface area contributed by atoms with Gasteiger partial charge in [-0.05, 0) is 25.1 Å². The predicted octanol–water partition coefficient (Wildman–Crippen LogP) is 2.62. The topological polar surface area (TPSA) is 75.7 Å². The number of nitrogens with zero attached hydrogens (tertiary/aromatic N) is 1. The predicted molar refractivity (Wildman–Crippen MR) is 98.1 cm³/mol. The third-order valence-corrected chi connectivity index (χ3v) is 4.98. The molecule has 9 heteroatoms. The number of hydrogen-bond donors (Lipinski definition) is 1. The summed E-state index contributed by atoms with van der Waals surface area (Å²) in [4.78, 5) is 12.4. The summed E-state index contributed by atoms with van der Waals surface area (Å²) in [7, 11) is -2.48. The number of rotatable bonds is 7. The first kappa shape index (κ1) is 20.6. The van der Waals surface area contributed by atoms with Gasteiger partial charge in [-0.2, -0.15) is 0 Å². The average Bonchev–Trinajstić information content (AvgIpc) is 2.59. The molecule has 0 unspecified atom stereocenters. The van der Waals surface area contributed by atoms with Gasteiger partial charge in [0.05, 0.1) is 25.1 Å². The van der Waals surface area contributed by atoms with Crippen LogP contribution in [0, 0.1) is 11.6 Å². The highest BCUT2D eigenvalue weighted by Gasteiger charge is 2.25. The normalized spacial score (nSPS) is 12.3. The van der Waals surface area contributed by atoms with Crippen LogP contribution in [0.1, 0.15) is 18.5 Å². The van der Waals surface area contributed by atoms with Crippen LogP contribution in [0.5, 0.6) is 5.75 Å². The number of carbonyl (C=O) groups is 1. The molecule has 2 aromatic carbocycles. The van der Waals surface area contributed by atoms with Crippen molar-refractivity contribution in [2.24, 2.45) is 0 Å². The van der Waals surface area contributed by atoms with E-state index < -0.39 is 45.8 Å². The molecule has 1 atom stereocenters. The monoisotopic (exact) mass is 398 g/mol. The van der Waals surface area contributed by atoms with Crippen molar-refractivity contribution in [3.05, 3.63) is 59.7 Å². The summed E-state index contributed by atoms with van der Waals surface area (Å²) >= 11 is 0. The molecule has 2 rings (SSSR count). The fourth-order valence-corrected chi connectivity index (χ4v) is 3.44. The minimum absolute atomic E-state index is 0.404. The molecule has 0 fully saturated rings. The molecule has 27 heavy (non-hydrogen) atoms. The van der Waals surface area contributed by atoms with Gasteiger partial charge in [0.25, 0.3) is 0 Å². The average molecular weight is 398 g/mol. The summed E-state index contributed by atoms with van der Waals surface area (Å²) in [6, 6.07) is 9.02. The minimum Gasteiger partial charge on any atom is -0.496 e. The maximum absolute atomic E-state index is 14.0. The Morgan fingerprint density at radius 3 is 2.48 bits per heavy atom. The highest BCUT2D eigenvalue weighted by Crippen LogP contribution is 2.25. The number of ether oxygens (including phenoxy) is 1. The van der Waals surface area contributed by atoms with Gasteiger partial charge < -0.3 is 10.1 Å². The maximum Gasteiger partial charge on any atom is 0.241 e. The Morgan fingerprint density at radius 1 is 1.22 bits per heavy atom. The largest absolute Gasteiger partial charge is 0.496 e. The van der Waals surface area contributed by atoms with Gasteiger partial charge >= 0.3 is 0 Å². The number of methoxy groups -OCH3 is 1. The summed E-state index contributed by atoms with van der Waals surface area (Å²) in [6.45, 7) is 1.06. The fraction of sp³-hybridized carbons (Fsp3) is 0.278. The quantitative estimate of drug-likeness (QED) is 0.778. The molecule has 0 saturated heterocycles. The molecular formula is C18H20F2N2O4S. The Labute approximate surface area is 156 Å². The zero-order valence-corrected chi connectivity index (χ0v) is 15.9. The van der Waals surface area contributed by atoms with Crippen LogP contribution in [0.15, 0.2) is 42.5 Å². The molecule has 0 saturated carbocycles. The number of para-hydroxylation sites is 1. The number of hydrogen-bond acceptors (Lipinski definition) is 4. The second kappa shape index (κ2) is 8.34. The van der Waals surface area contributed by atoms with Crippen molar-refractivity contribution in [1.29, 1.82) is 0 Å². The van der Waals surface area contributed by atoms with E-state index in [9.17, 15) is 22.0 Å². The molecule has 146 valence electrons. The molecule has 0 radical (unpaired) electrons. The van der Waals surface area contributed by atoms with Crippen LogP contribution in [0.25, 0.3) is 0 Å². The Bertz CT molecular complexity index is 935. The van der Waals surface area contributed by atoms with E-state index in [2.05, 4.69) is 5.32 Å². The molecule has 1 amide bonds. The molecular weight excluding hydrogens is 378 g/mol. The Hall–Kier alpha value is -2.68. The summed E-state index contributed by atoms with van der Waals surface area (Å²) in [5.41, 5.74) is 0.297. The van der Waals surface area contributed by atoms with Crippen molar-refractivity contribution in [2.45, 2.75) is 13.0 Å². The fourth-order valence-electron chi connectivity index (χ4n) is 2.58. The van der Waals surface area contributed by atoms with E-state index in [0.717, 1.165) is 18.4 Å². The Balaban J connectivity index is 2.22. The van der Waals surface area contributed by atoms with E-state index in [1.54, 1.807) is 31.2 Å². The van der Waals surface area contributed by atoms with Crippen LogP contribution in [0.2, 0.25) is 0 Å². The highest BCUT2D eigenvalue weighted by molar-refractivity contribution is 7.92. The van der Waals surface area contributed by atoms with Crippen LogP contribution in [0.4, 0.5) is 14.5 Å². The number of anilines is 1. The highest BCUT2D eigenvalue weighted by atomic mass is 32.2. The molecule has 6 nitrogen and oxygen atoms in total. The summed E-state index contributed by atoms with van der Waals surface area (Å²) in [6.07, 6.45) is 0.840. The summed E-state index contributed by atoms with van der Waals surface area (Å²) in [5, 5.41) is 2.65. The van der Waals surface area contributed by atoms with Gasteiger partial charge in [-0.1, -0.05) is 18.2 Å². The van der Waals surface area contributed by atoms with Gasteiger partial charge in [-0.15, -0.1) is 0 Å². The second-order valence-corrected chi connectivity index (χ2v) is 7.80. The molecule has 1 N–H and O–H groups in total. The number of benzene rings is 2. The van der Waals surface area contributed by atoms with Crippen LogP contribution in [0.3, 0.4) is 0 Å². The van der Waals surface area contributed by atoms with Gasteiger partial charge in [0, 0.05) is 11.6 Å². The SMILES string of the molecule is COc1ccccc1[C@@H](C)NC(=O)CN(c1ccc(F)cc1F)S(C)(=O)=O. The van der Waals surface area contributed by atoms with E-state index in [1.165, 1.54) is 7.11 Å². The lowest BCUT2D eigenvalue weighted by atomic mass is 10.1. The molecule has 0 bridgehead atoms. The molecule has 2 aromatic rings. The summed E-state index contributed by atoms with van der Waals surface area (Å²) < 4.78 is 57.0. The van der Waals surface area contributed by atoms with Crippen LogP contribution >= 0.6 is 0 Å². The smallest absolute Gasteiger partial charge is 0.241 e. The molecule has 0 aliphatic heterocycles. The number of nitrogens with one attached hydrogen (secondary N) is 1. The zero-order chi connectivity index (χ0) is 20.2. The van der Waals surface area contributed by atoms with E-state index in [4.69, 9.17) is 4.74 Å². The molecule has 0 aromatic heterocycles. The third kappa shape index (κ3) is 5.16. The van der Waals surface area contributed by atoms with Crippen LogP contribution < -0.4 is 14.4 Å². The van der Waals surface area contributed by atoms with Crippen LogP contribution in [-0.4, -0.2) is 34.2 Å². The Morgan fingerprint density at radius 2 is 1.89 bits per heavy atom. The molecule has 0 aliphatic rings. The number of sulfonamides is 1. The minimum atomic E-state index is -3.98. The molecule has 0 spiro atoms. The first-order chi connectivity index (χ1) is 12.6. The van der Waals surface area contributed by atoms with Crippen LogP contribution in [-0.2, 0) is 14.8 Å². The summed E-state index contributed by atoms with van der Waals surface area (Å²) in [5.74, 6) is -2.01. The molecule has 0 aliphatic carbocycles. The van der Waals surface area contributed by atoms with E-state index in [-0.39, 0.29) is 0 Å². The van der Waals surface area contributed by atoms with E-state index in [1.807, 2.05) is 0 Å². The third-order valence-electron chi connectivity index (χ3n) is 3.85. The van der Waals surface area contributed by atoms with Gasteiger partial charge in [0.2, 0.25) is 15.9 Å². The zero-order valence-electron chi connectivity index (χ0n) is 15.1. The Kier molecular flexibility index (Phi) is 6.37. The second-order valence-electron chi connectivity index (χ2n) is 5.90. The van der Waals surface area contributed by atoms with Crippen molar-refractivity contribution in [1.82, 2.24) is 5.32 Å². The van der Waals surface area contributed by atoms with Crippen molar-refractivity contribution in [3.63, 3.8) is 0 Å². The lowest BCUT2D eigenvalue weighted by molar-refractivity contribution is -0.120. The van der Waals surface area contributed by atoms with E-state index >= 15 is 0 Å². The van der Waals surface area contributed by atoms with Gasteiger partial charge in [-0.3, -0.25) is 9.10 Å². The lowest BCUT2D eigenvalue weighted by Gasteiger charge is -2.24. The van der Waals surface area contributed by atoms with Gasteiger partial charge in [0.1, 0.15) is 23.9 Å². The van der Waals surface area contributed by atoms with Crippen molar-refractivity contribution >= 4 is 21.6 Å². The molecule has 0 heterocycles. The lowest BCUT2D eigenvalue weighted by Crippen LogP contribution is -2.41.